The van der Waals surface area contributed by atoms with Gasteiger partial charge in [0, 0.05) is 18.3 Å². The minimum Gasteiger partial charge on any atom is -0.497 e. The van der Waals surface area contributed by atoms with Crippen molar-refractivity contribution < 1.29 is 9.47 Å². The van der Waals surface area contributed by atoms with Crippen LogP contribution in [0.4, 0.5) is 5.69 Å². The number of nitrogens with zero attached hydrogens (tertiary/aromatic N) is 1. The summed E-state index contributed by atoms with van der Waals surface area (Å²) >= 11 is 0. The van der Waals surface area contributed by atoms with Crippen molar-refractivity contribution >= 4 is 5.69 Å². The Kier molecular flexibility index (Phi) is 2.91. The van der Waals surface area contributed by atoms with Crippen LogP contribution in [-0.4, -0.2) is 12.1 Å². The summed E-state index contributed by atoms with van der Waals surface area (Å²) in [5.41, 5.74) is 6.23. The fourth-order valence-corrected chi connectivity index (χ4v) is 1.28. The standard InChI is InChI=1S/C12H12N2O2/c1-15-9-3-2-4-10(7-9)16-12-5-6-14-8-11(12)13/h2-8H,13H2,1H3. The van der Waals surface area contributed by atoms with E-state index in [0.717, 1.165) is 5.75 Å². The first-order chi connectivity index (χ1) is 7.79. The van der Waals surface area contributed by atoms with Crippen molar-refractivity contribution in [2.75, 3.05) is 12.8 Å². The number of rotatable bonds is 3. The molecule has 0 atom stereocenters. The highest BCUT2D eigenvalue weighted by atomic mass is 16.5. The maximum absolute atomic E-state index is 5.72. The van der Waals surface area contributed by atoms with Gasteiger partial charge in [-0.2, -0.15) is 0 Å². The summed E-state index contributed by atoms with van der Waals surface area (Å²) < 4.78 is 10.7. The molecule has 2 rings (SSSR count). The normalized spacial score (nSPS) is 9.81. The first kappa shape index (κ1) is 10.3. The molecule has 0 radical (unpaired) electrons. The molecule has 0 saturated heterocycles. The second-order valence-corrected chi connectivity index (χ2v) is 3.19. The van der Waals surface area contributed by atoms with Gasteiger partial charge in [-0.3, -0.25) is 4.98 Å². The number of pyridine rings is 1. The number of methoxy groups -OCH3 is 1. The smallest absolute Gasteiger partial charge is 0.153 e. The Morgan fingerprint density at radius 1 is 1.19 bits per heavy atom. The second kappa shape index (κ2) is 4.53. The molecular weight excluding hydrogens is 204 g/mol. The molecule has 4 nitrogen and oxygen atoms in total. The van der Waals surface area contributed by atoms with E-state index < -0.39 is 0 Å². The van der Waals surface area contributed by atoms with Gasteiger partial charge in [-0.05, 0) is 12.1 Å². The van der Waals surface area contributed by atoms with Crippen molar-refractivity contribution in [1.82, 2.24) is 4.98 Å². The molecule has 1 aromatic heterocycles. The van der Waals surface area contributed by atoms with Crippen LogP contribution < -0.4 is 15.2 Å². The summed E-state index contributed by atoms with van der Waals surface area (Å²) in [5, 5.41) is 0. The maximum Gasteiger partial charge on any atom is 0.153 e. The number of aromatic nitrogens is 1. The third-order valence-electron chi connectivity index (χ3n) is 2.08. The lowest BCUT2D eigenvalue weighted by Gasteiger charge is -2.08. The van der Waals surface area contributed by atoms with Crippen LogP contribution in [0.2, 0.25) is 0 Å². The largest absolute Gasteiger partial charge is 0.497 e. The van der Waals surface area contributed by atoms with Crippen molar-refractivity contribution in [1.29, 1.82) is 0 Å². The predicted octanol–water partition coefficient (Wildman–Crippen LogP) is 2.46. The third kappa shape index (κ3) is 2.23. The van der Waals surface area contributed by atoms with Crippen LogP contribution in [0.1, 0.15) is 0 Å². The molecule has 0 spiro atoms. The Hall–Kier alpha value is -2.23. The summed E-state index contributed by atoms with van der Waals surface area (Å²) in [6.45, 7) is 0. The van der Waals surface area contributed by atoms with Crippen molar-refractivity contribution in [2.45, 2.75) is 0 Å². The Labute approximate surface area is 93.6 Å². The van der Waals surface area contributed by atoms with Gasteiger partial charge in [-0.1, -0.05) is 6.07 Å². The average molecular weight is 216 g/mol. The van der Waals surface area contributed by atoms with Gasteiger partial charge >= 0.3 is 0 Å². The van der Waals surface area contributed by atoms with E-state index in [-0.39, 0.29) is 0 Å². The number of ether oxygens (including phenoxy) is 2. The molecule has 1 heterocycles. The number of anilines is 1. The van der Waals surface area contributed by atoms with E-state index in [0.29, 0.717) is 17.2 Å². The zero-order valence-electron chi connectivity index (χ0n) is 8.88. The van der Waals surface area contributed by atoms with E-state index in [1.54, 1.807) is 31.6 Å². The molecule has 1 aromatic carbocycles. The first-order valence-electron chi connectivity index (χ1n) is 4.81. The van der Waals surface area contributed by atoms with Gasteiger partial charge < -0.3 is 15.2 Å². The minimum absolute atomic E-state index is 0.505. The van der Waals surface area contributed by atoms with E-state index in [9.17, 15) is 0 Å². The van der Waals surface area contributed by atoms with Crippen molar-refractivity contribution in [3.05, 3.63) is 42.7 Å². The number of hydrogen-bond donors (Lipinski definition) is 1. The van der Waals surface area contributed by atoms with E-state index in [1.165, 1.54) is 0 Å². The number of hydrogen-bond acceptors (Lipinski definition) is 4. The summed E-state index contributed by atoms with van der Waals surface area (Å²) in [5.74, 6) is 2.01. The van der Waals surface area contributed by atoms with E-state index in [4.69, 9.17) is 15.2 Å². The molecule has 2 N–H and O–H groups in total. The van der Waals surface area contributed by atoms with Crippen LogP contribution in [0.15, 0.2) is 42.7 Å². The molecule has 0 unspecified atom stereocenters. The van der Waals surface area contributed by atoms with Gasteiger partial charge in [0.1, 0.15) is 11.5 Å². The Balaban J connectivity index is 2.24. The van der Waals surface area contributed by atoms with Gasteiger partial charge in [-0.15, -0.1) is 0 Å². The van der Waals surface area contributed by atoms with Crippen LogP contribution in [0.5, 0.6) is 17.2 Å². The monoisotopic (exact) mass is 216 g/mol. The highest BCUT2D eigenvalue weighted by Gasteiger charge is 2.02. The quantitative estimate of drug-likeness (QED) is 0.856. The Morgan fingerprint density at radius 2 is 2.00 bits per heavy atom. The highest BCUT2D eigenvalue weighted by molar-refractivity contribution is 5.51. The van der Waals surface area contributed by atoms with Gasteiger partial charge in [0.05, 0.1) is 19.0 Å². The molecule has 0 saturated carbocycles. The average Bonchev–Trinajstić information content (AvgIpc) is 2.32. The molecule has 0 amide bonds. The van der Waals surface area contributed by atoms with Gasteiger partial charge in [0.2, 0.25) is 0 Å². The van der Waals surface area contributed by atoms with Crippen molar-refractivity contribution in [3.8, 4) is 17.2 Å². The predicted molar refractivity (Wildman–Crippen MR) is 61.7 cm³/mol. The molecular formula is C12H12N2O2. The summed E-state index contributed by atoms with van der Waals surface area (Å²) in [6, 6.07) is 9.05. The SMILES string of the molecule is COc1cccc(Oc2ccncc2N)c1. The molecule has 2 aromatic rings. The molecule has 0 fully saturated rings. The summed E-state index contributed by atoms with van der Waals surface area (Å²) in [6.07, 6.45) is 3.18. The minimum atomic E-state index is 0.505. The number of nitrogens with two attached hydrogens (primary N) is 1. The molecule has 16 heavy (non-hydrogen) atoms. The third-order valence-corrected chi connectivity index (χ3v) is 2.08. The zero-order chi connectivity index (χ0) is 11.4. The van der Waals surface area contributed by atoms with Crippen molar-refractivity contribution in [2.24, 2.45) is 0 Å². The zero-order valence-corrected chi connectivity index (χ0v) is 8.88. The van der Waals surface area contributed by atoms with E-state index >= 15 is 0 Å². The molecule has 4 heteroatoms. The molecule has 0 bridgehead atoms. The van der Waals surface area contributed by atoms with E-state index in [1.807, 2.05) is 18.2 Å². The number of nitrogen functional groups attached to an aromatic ring is 1. The Bertz CT molecular complexity index is 486. The van der Waals surface area contributed by atoms with Crippen LogP contribution in [-0.2, 0) is 0 Å². The lowest BCUT2D eigenvalue weighted by Crippen LogP contribution is -1.92. The van der Waals surface area contributed by atoms with Crippen LogP contribution in [0, 0.1) is 0 Å². The maximum atomic E-state index is 5.72. The topological polar surface area (TPSA) is 57.4 Å². The fourth-order valence-electron chi connectivity index (χ4n) is 1.28. The number of benzene rings is 1. The van der Waals surface area contributed by atoms with Crippen molar-refractivity contribution in [3.63, 3.8) is 0 Å². The van der Waals surface area contributed by atoms with E-state index in [2.05, 4.69) is 4.98 Å². The molecule has 0 aliphatic heterocycles. The highest BCUT2D eigenvalue weighted by Crippen LogP contribution is 2.28. The van der Waals surface area contributed by atoms with Crippen LogP contribution in [0.25, 0.3) is 0 Å². The van der Waals surface area contributed by atoms with Crippen LogP contribution >= 0.6 is 0 Å². The fraction of sp³-hybridized carbons (Fsp3) is 0.0833. The molecule has 0 aliphatic carbocycles. The molecule has 82 valence electrons. The molecule has 0 aliphatic rings. The van der Waals surface area contributed by atoms with Gasteiger partial charge in [0.25, 0.3) is 0 Å². The Morgan fingerprint density at radius 3 is 2.75 bits per heavy atom. The lowest BCUT2D eigenvalue weighted by molar-refractivity contribution is 0.409. The van der Waals surface area contributed by atoms with Gasteiger partial charge in [0.15, 0.2) is 5.75 Å². The second-order valence-electron chi connectivity index (χ2n) is 3.19. The summed E-state index contributed by atoms with van der Waals surface area (Å²) in [7, 11) is 1.61. The summed E-state index contributed by atoms with van der Waals surface area (Å²) in [4.78, 5) is 3.89. The lowest BCUT2D eigenvalue weighted by atomic mass is 10.3. The first-order valence-corrected chi connectivity index (χ1v) is 4.81. The van der Waals surface area contributed by atoms with Gasteiger partial charge in [-0.25, -0.2) is 0 Å². The van der Waals surface area contributed by atoms with Crippen LogP contribution in [0.3, 0.4) is 0 Å².